The Morgan fingerprint density at radius 2 is 1.71 bits per heavy atom. The van der Waals surface area contributed by atoms with Crippen molar-refractivity contribution < 1.29 is 4.39 Å². The molecular formula is C17H15FN2S. The Balaban J connectivity index is 2.25. The van der Waals surface area contributed by atoms with Gasteiger partial charge in [-0.1, -0.05) is 42.5 Å². The van der Waals surface area contributed by atoms with E-state index >= 15 is 0 Å². The first-order valence-corrected chi connectivity index (χ1v) is 7.53. The lowest BCUT2D eigenvalue weighted by Crippen LogP contribution is -1.94. The fourth-order valence-corrected chi connectivity index (χ4v) is 3.28. The molecule has 0 radical (unpaired) electrons. The van der Waals surface area contributed by atoms with Crippen LogP contribution in [0.25, 0.3) is 21.7 Å². The van der Waals surface area contributed by atoms with Crippen molar-refractivity contribution in [2.24, 2.45) is 5.73 Å². The zero-order chi connectivity index (χ0) is 14.8. The number of nitrogens with zero attached hydrogens (tertiary/aromatic N) is 1. The average molecular weight is 298 g/mol. The van der Waals surface area contributed by atoms with Crippen molar-refractivity contribution in [3.05, 3.63) is 64.9 Å². The summed E-state index contributed by atoms with van der Waals surface area (Å²) in [6.45, 7) is 2.39. The molecule has 0 fully saturated rings. The van der Waals surface area contributed by atoms with Crippen molar-refractivity contribution in [1.29, 1.82) is 0 Å². The molecule has 0 saturated heterocycles. The van der Waals surface area contributed by atoms with Gasteiger partial charge < -0.3 is 5.73 Å². The van der Waals surface area contributed by atoms with Crippen molar-refractivity contribution >= 4 is 11.3 Å². The zero-order valence-electron chi connectivity index (χ0n) is 11.6. The number of aryl methyl sites for hydroxylation is 1. The highest BCUT2D eigenvalue weighted by Gasteiger charge is 2.17. The van der Waals surface area contributed by atoms with Gasteiger partial charge in [0.05, 0.1) is 10.6 Å². The molecule has 2 aromatic carbocycles. The zero-order valence-corrected chi connectivity index (χ0v) is 12.5. The molecule has 0 bridgehead atoms. The number of rotatable bonds is 3. The molecule has 0 atom stereocenters. The highest BCUT2D eigenvalue weighted by Crippen LogP contribution is 2.38. The maximum Gasteiger partial charge on any atom is 0.131 e. The van der Waals surface area contributed by atoms with Crippen LogP contribution in [-0.2, 0) is 6.54 Å². The first-order chi connectivity index (χ1) is 10.2. The molecule has 0 aliphatic rings. The summed E-state index contributed by atoms with van der Waals surface area (Å²) in [4.78, 5) is 5.44. The van der Waals surface area contributed by atoms with Crippen molar-refractivity contribution in [3.63, 3.8) is 0 Å². The predicted octanol–water partition coefficient (Wildman–Crippen LogP) is 4.38. The Hall–Kier alpha value is -2.04. The fraction of sp³-hybridized carbons (Fsp3) is 0.118. The van der Waals surface area contributed by atoms with Gasteiger partial charge in [0, 0.05) is 17.7 Å². The maximum absolute atomic E-state index is 14.1. The average Bonchev–Trinajstić information content (AvgIpc) is 2.92. The third-order valence-electron chi connectivity index (χ3n) is 3.36. The predicted molar refractivity (Wildman–Crippen MR) is 85.6 cm³/mol. The van der Waals surface area contributed by atoms with Gasteiger partial charge in [-0.25, -0.2) is 9.37 Å². The molecule has 106 valence electrons. The monoisotopic (exact) mass is 298 g/mol. The number of hydrogen-bond donors (Lipinski definition) is 1. The summed E-state index contributed by atoms with van der Waals surface area (Å²) in [6, 6.07) is 14.8. The minimum atomic E-state index is -0.237. The van der Waals surface area contributed by atoms with Crippen molar-refractivity contribution in [3.8, 4) is 21.7 Å². The van der Waals surface area contributed by atoms with E-state index < -0.39 is 0 Å². The Morgan fingerprint density at radius 3 is 2.38 bits per heavy atom. The van der Waals surface area contributed by atoms with Gasteiger partial charge in [0.2, 0.25) is 0 Å². The molecule has 3 aromatic rings. The van der Waals surface area contributed by atoms with Gasteiger partial charge in [-0.15, -0.1) is 11.3 Å². The molecule has 0 amide bonds. The summed E-state index contributed by atoms with van der Waals surface area (Å²) >= 11 is 1.45. The van der Waals surface area contributed by atoms with Crippen LogP contribution in [0.3, 0.4) is 0 Å². The Kier molecular flexibility index (Phi) is 3.82. The van der Waals surface area contributed by atoms with Crippen LogP contribution >= 0.6 is 11.3 Å². The van der Waals surface area contributed by atoms with E-state index in [0.717, 1.165) is 26.7 Å². The summed E-state index contributed by atoms with van der Waals surface area (Å²) in [6.07, 6.45) is 0. The van der Waals surface area contributed by atoms with E-state index in [2.05, 4.69) is 4.98 Å². The van der Waals surface area contributed by atoms with E-state index in [1.807, 2.05) is 37.3 Å². The number of thiazole rings is 1. The lowest BCUT2D eigenvalue weighted by molar-refractivity contribution is 0.631. The van der Waals surface area contributed by atoms with Gasteiger partial charge in [-0.3, -0.25) is 0 Å². The second-order valence-electron chi connectivity index (χ2n) is 4.78. The van der Waals surface area contributed by atoms with Crippen LogP contribution in [-0.4, -0.2) is 4.98 Å². The van der Waals surface area contributed by atoms with Crippen LogP contribution in [0.4, 0.5) is 4.39 Å². The second kappa shape index (κ2) is 5.76. The summed E-state index contributed by atoms with van der Waals surface area (Å²) in [5.41, 5.74) is 9.24. The minimum Gasteiger partial charge on any atom is -0.325 e. The number of halogens is 1. The van der Waals surface area contributed by atoms with E-state index in [-0.39, 0.29) is 5.82 Å². The molecular weight excluding hydrogens is 283 g/mol. The SMILES string of the molecule is Cc1ccccc1-c1nc(CN)sc1-c1ccccc1F. The number of hydrogen-bond acceptors (Lipinski definition) is 3. The first kappa shape index (κ1) is 13.9. The number of benzene rings is 2. The molecule has 0 saturated carbocycles. The highest BCUT2D eigenvalue weighted by molar-refractivity contribution is 7.15. The van der Waals surface area contributed by atoms with Gasteiger partial charge in [0.1, 0.15) is 10.8 Å². The number of nitrogens with two attached hydrogens (primary N) is 1. The van der Waals surface area contributed by atoms with Gasteiger partial charge in [0.25, 0.3) is 0 Å². The lowest BCUT2D eigenvalue weighted by atomic mass is 10.0. The molecule has 0 aliphatic heterocycles. The Labute approximate surface area is 127 Å². The van der Waals surface area contributed by atoms with Gasteiger partial charge in [0.15, 0.2) is 0 Å². The summed E-state index contributed by atoms with van der Waals surface area (Å²) in [7, 11) is 0. The molecule has 1 aromatic heterocycles. The van der Waals surface area contributed by atoms with Crippen LogP contribution in [0.5, 0.6) is 0 Å². The highest BCUT2D eigenvalue weighted by atomic mass is 32.1. The molecule has 0 aliphatic carbocycles. The fourth-order valence-electron chi connectivity index (χ4n) is 2.30. The number of aromatic nitrogens is 1. The van der Waals surface area contributed by atoms with Crippen molar-refractivity contribution in [2.45, 2.75) is 13.5 Å². The third-order valence-corrected chi connectivity index (χ3v) is 4.48. The van der Waals surface area contributed by atoms with E-state index in [0.29, 0.717) is 12.1 Å². The normalized spacial score (nSPS) is 10.8. The van der Waals surface area contributed by atoms with Crippen molar-refractivity contribution in [1.82, 2.24) is 4.98 Å². The van der Waals surface area contributed by atoms with Crippen LogP contribution < -0.4 is 5.73 Å². The van der Waals surface area contributed by atoms with E-state index in [4.69, 9.17) is 5.73 Å². The Morgan fingerprint density at radius 1 is 1.05 bits per heavy atom. The van der Waals surface area contributed by atoms with Crippen LogP contribution in [0.2, 0.25) is 0 Å². The molecule has 21 heavy (non-hydrogen) atoms. The molecule has 2 N–H and O–H groups in total. The topological polar surface area (TPSA) is 38.9 Å². The van der Waals surface area contributed by atoms with Gasteiger partial charge in [-0.2, -0.15) is 0 Å². The second-order valence-corrected chi connectivity index (χ2v) is 5.87. The van der Waals surface area contributed by atoms with Crippen molar-refractivity contribution in [2.75, 3.05) is 0 Å². The van der Waals surface area contributed by atoms with E-state index in [9.17, 15) is 4.39 Å². The summed E-state index contributed by atoms with van der Waals surface area (Å²) in [5.74, 6) is -0.237. The molecule has 2 nitrogen and oxygen atoms in total. The van der Waals surface area contributed by atoms with Crippen LogP contribution in [0.15, 0.2) is 48.5 Å². The third kappa shape index (κ3) is 2.60. The quantitative estimate of drug-likeness (QED) is 0.779. The molecule has 0 spiro atoms. The van der Waals surface area contributed by atoms with Gasteiger partial charge in [-0.05, 0) is 18.6 Å². The van der Waals surface area contributed by atoms with E-state index in [1.54, 1.807) is 12.1 Å². The van der Waals surface area contributed by atoms with Gasteiger partial charge >= 0.3 is 0 Å². The molecule has 0 unspecified atom stereocenters. The maximum atomic E-state index is 14.1. The standard InChI is InChI=1S/C17H15FN2S/c1-11-6-2-3-7-12(11)16-17(21-15(10-19)20-16)13-8-4-5-9-14(13)18/h2-9H,10,19H2,1H3. The lowest BCUT2D eigenvalue weighted by Gasteiger charge is -2.06. The van der Waals surface area contributed by atoms with E-state index in [1.165, 1.54) is 17.4 Å². The molecule has 4 heteroatoms. The molecule has 3 rings (SSSR count). The largest absolute Gasteiger partial charge is 0.325 e. The first-order valence-electron chi connectivity index (χ1n) is 6.71. The minimum absolute atomic E-state index is 0.237. The summed E-state index contributed by atoms with van der Waals surface area (Å²) < 4.78 is 14.1. The smallest absolute Gasteiger partial charge is 0.131 e. The summed E-state index contributed by atoms with van der Waals surface area (Å²) in [5, 5.41) is 0.812. The molecule has 1 heterocycles. The van der Waals surface area contributed by atoms with Crippen LogP contribution in [0.1, 0.15) is 10.6 Å². The Bertz CT molecular complexity index is 717. The van der Waals surface area contributed by atoms with Crippen LogP contribution in [0, 0.1) is 12.7 Å².